The van der Waals surface area contributed by atoms with E-state index >= 15 is 0 Å². The van der Waals surface area contributed by atoms with Gasteiger partial charge in [-0.05, 0) is 24.7 Å². The summed E-state index contributed by atoms with van der Waals surface area (Å²) in [6.07, 6.45) is 3.24. The second-order valence-electron chi connectivity index (χ2n) is 6.24. The van der Waals surface area contributed by atoms with E-state index in [9.17, 15) is 4.79 Å². The Labute approximate surface area is 137 Å². The highest BCUT2D eigenvalue weighted by Crippen LogP contribution is 2.21. The fourth-order valence-electron chi connectivity index (χ4n) is 2.77. The largest absolute Gasteiger partial charge is 0.396 e. The van der Waals surface area contributed by atoms with Gasteiger partial charge in [-0.2, -0.15) is 5.10 Å². The minimum absolute atomic E-state index is 0.135. The lowest BCUT2D eigenvalue weighted by Crippen LogP contribution is -2.30. The highest BCUT2D eigenvalue weighted by Gasteiger charge is 2.17. The third-order valence-corrected chi connectivity index (χ3v) is 3.84. The Kier molecular flexibility index (Phi) is 6.35. The van der Waals surface area contributed by atoms with E-state index in [0.717, 1.165) is 17.7 Å². The van der Waals surface area contributed by atoms with Crippen LogP contribution in [0.2, 0.25) is 0 Å². The molecule has 1 aromatic heterocycles. The molecular formula is C18H25N3O2. The van der Waals surface area contributed by atoms with Crippen molar-refractivity contribution in [3.8, 4) is 11.3 Å². The van der Waals surface area contributed by atoms with Crippen molar-refractivity contribution in [3.63, 3.8) is 0 Å². The Balaban J connectivity index is 2.03. The smallest absolute Gasteiger partial charge is 0.255 e. The third-order valence-electron chi connectivity index (χ3n) is 3.84. The molecular weight excluding hydrogens is 290 g/mol. The first-order valence-electron chi connectivity index (χ1n) is 8.09. The highest BCUT2D eigenvalue weighted by atomic mass is 16.3. The molecule has 0 saturated heterocycles. The van der Waals surface area contributed by atoms with Gasteiger partial charge in [0.15, 0.2) is 0 Å². The Bertz CT molecular complexity index is 608. The molecule has 2 rings (SSSR count). The van der Waals surface area contributed by atoms with Crippen molar-refractivity contribution >= 4 is 5.91 Å². The zero-order valence-corrected chi connectivity index (χ0v) is 13.7. The Morgan fingerprint density at radius 2 is 2.04 bits per heavy atom. The van der Waals surface area contributed by atoms with Crippen LogP contribution in [0, 0.1) is 11.8 Å². The number of carbonyl (C=O) groups excluding carboxylic acids is 1. The van der Waals surface area contributed by atoms with Crippen LogP contribution < -0.4 is 5.32 Å². The van der Waals surface area contributed by atoms with Gasteiger partial charge in [0, 0.05) is 18.7 Å². The topological polar surface area (TPSA) is 78.0 Å². The van der Waals surface area contributed by atoms with Crippen LogP contribution in [0.3, 0.4) is 0 Å². The van der Waals surface area contributed by atoms with Crippen LogP contribution in [0.5, 0.6) is 0 Å². The lowest BCUT2D eigenvalue weighted by Gasteiger charge is -2.18. The Hall–Kier alpha value is -2.14. The lowest BCUT2D eigenvalue weighted by atomic mass is 9.94. The number of hydrogen-bond acceptors (Lipinski definition) is 3. The molecule has 0 aliphatic carbocycles. The maximum Gasteiger partial charge on any atom is 0.255 e. The van der Waals surface area contributed by atoms with E-state index in [1.165, 1.54) is 0 Å². The first kappa shape index (κ1) is 17.2. The average Bonchev–Trinajstić information content (AvgIpc) is 3.02. The zero-order chi connectivity index (χ0) is 16.7. The van der Waals surface area contributed by atoms with Crippen molar-refractivity contribution in [2.75, 3.05) is 13.2 Å². The van der Waals surface area contributed by atoms with E-state index in [-0.39, 0.29) is 18.4 Å². The zero-order valence-electron chi connectivity index (χ0n) is 13.7. The van der Waals surface area contributed by atoms with Crippen molar-refractivity contribution < 1.29 is 9.90 Å². The maximum atomic E-state index is 12.5. The summed E-state index contributed by atoms with van der Waals surface area (Å²) < 4.78 is 0. The van der Waals surface area contributed by atoms with Crippen LogP contribution in [-0.4, -0.2) is 34.4 Å². The van der Waals surface area contributed by atoms with Crippen molar-refractivity contribution in [2.24, 2.45) is 11.8 Å². The monoisotopic (exact) mass is 315 g/mol. The van der Waals surface area contributed by atoms with Crippen molar-refractivity contribution in [1.29, 1.82) is 0 Å². The van der Waals surface area contributed by atoms with Crippen molar-refractivity contribution in [1.82, 2.24) is 15.5 Å². The molecule has 3 N–H and O–H groups in total. The van der Waals surface area contributed by atoms with Gasteiger partial charge in [-0.25, -0.2) is 0 Å². The van der Waals surface area contributed by atoms with Gasteiger partial charge in [0.2, 0.25) is 0 Å². The fourth-order valence-corrected chi connectivity index (χ4v) is 2.77. The van der Waals surface area contributed by atoms with E-state index in [1.54, 1.807) is 6.20 Å². The van der Waals surface area contributed by atoms with Gasteiger partial charge in [-0.1, -0.05) is 44.2 Å². The second-order valence-corrected chi connectivity index (χ2v) is 6.24. The van der Waals surface area contributed by atoms with E-state index in [1.807, 2.05) is 30.3 Å². The van der Waals surface area contributed by atoms with Crippen LogP contribution in [0.1, 0.15) is 37.0 Å². The number of H-pyrrole nitrogens is 1. The molecule has 5 nitrogen and oxygen atoms in total. The van der Waals surface area contributed by atoms with Gasteiger partial charge in [0.1, 0.15) is 0 Å². The van der Waals surface area contributed by atoms with E-state index in [2.05, 4.69) is 29.4 Å². The first-order valence-corrected chi connectivity index (χ1v) is 8.09. The fraction of sp³-hybridized carbons (Fsp3) is 0.444. The summed E-state index contributed by atoms with van der Waals surface area (Å²) in [5.74, 6) is 0.692. The standard InChI is InChI=1S/C18H25N3O2/c1-13(2)10-14(8-9-22)11-19-18(23)16-12-20-21-17(16)15-6-4-3-5-7-15/h3-7,12-14,22H,8-11H2,1-2H3,(H,19,23)(H,20,21). The molecule has 1 atom stereocenters. The molecule has 1 heterocycles. The lowest BCUT2D eigenvalue weighted by molar-refractivity contribution is 0.0942. The minimum atomic E-state index is -0.135. The molecule has 0 aliphatic heterocycles. The normalized spacial score (nSPS) is 12.3. The van der Waals surface area contributed by atoms with Gasteiger partial charge in [0.25, 0.3) is 5.91 Å². The van der Waals surface area contributed by atoms with Crippen LogP contribution in [-0.2, 0) is 0 Å². The second kappa shape index (κ2) is 8.48. The summed E-state index contributed by atoms with van der Waals surface area (Å²) in [4.78, 5) is 12.5. The minimum Gasteiger partial charge on any atom is -0.396 e. The van der Waals surface area contributed by atoms with Crippen LogP contribution in [0.15, 0.2) is 36.5 Å². The number of aliphatic hydroxyl groups excluding tert-OH is 1. The molecule has 5 heteroatoms. The number of rotatable bonds is 8. The molecule has 0 fully saturated rings. The first-order chi connectivity index (χ1) is 11.1. The van der Waals surface area contributed by atoms with Crippen LogP contribution >= 0.6 is 0 Å². The number of aromatic amines is 1. The van der Waals surface area contributed by atoms with Gasteiger partial charge in [-0.3, -0.25) is 9.89 Å². The molecule has 124 valence electrons. The number of nitrogens with zero attached hydrogens (tertiary/aromatic N) is 1. The SMILES string of the molecule is CC(C)CC(CCO)CNC(=O)c1cn[nH]c1-c1ccccc1. The maximum absolute atomic E-state index is 12.5. The quantitative estimate of drug-likeness (QED) is 0.701. The summed E-state index contributed by atoms with van der Waals surface area (Å²) in [5.41, 5.74) is 2.21. The molecule has 0 radical (unpaired) electrons. The Morgan fingerprint density at radius 3 is 2.70 bits per heavy atom. The number of hydrogen-bond donors (Lipinski definition) is 3. The molecule has 0 spiro atoms. The van der Waals surface area contributed by atoms with Gasteiger partial charge >= 0.3 is 0 Å². The summed E-state index contributed by atoms with van der Waals surface area (Å²) in [7, 11) is 0. The summed E-state index contributed by atoms with van der Waals surface area (Å²) in [5, 5.41) is 19.0. The number of aromatic nitrogens is 2. The van der Waals surface area contributed by atoms with Crippen molar-refractivity contribution in [3.05, 3.63) is 42.1 Å². The number of nitrogens with one attached hydrogen (secondary N) is 2. The Morgan fingerprint density at radius 1 is 1.30 bits per heavy atom. The number of amides is 1. The van der Waals surface area contributed by atoms with Gasteiger partial charge < -0.3 is 10.4 Å². The molecule has 0 bridgehead atoms. The molecule has 0 aliphatic rings. The third kappa shape index (κ3) is 4.93. The molecule has 0 saturated carbocycles. The summed E-state index contributed by atoms with van der Waals surface area (Å²) in [6, 6.07) is 9.68. The number of benzene rings is 1. The van der Waals surface area contributed by atoms with E-state index < -0.39 is 0 Å². The number of carbonyl (C=O) groups is 1. The summed E-state index contributed by atoms with van der Waals surface area (Å²) >= 11 is 0. The highest BCUT2D eigenvalue weighted by molar-refractivity contribution is 5.99. The number of aliphatic hydroxyl groups is 1. The predicted molar refractivity (Wildman–Crippen MR) is 91.0 cm³/mol. The van der Waals surface area contributed by atoms with Crippen molar-refractivity contribution in [2.45, 2.75) is 26.7 Å². The van der Waals surface area contributed by atoms with Crippen LogP contribution in [0.4, 0.5) is 0 Å². The average molecular weight is 315 g/mol. The molecule has 1 aromatic carbocycles. The summed E-state index contributed by atoms with van der Waals surface area (Å²) in [6.45, 7) is 5.01. The van der Waals surface area contributed by atoms with E-state index in [0.29, 0.717) is 24.4 Å². The molecule has 2 aromatic rings. The van der Waals surface area contributed by atoms with Gasteiger partial charge in [0.05, 0.1) is 17.5 Å². The molecule has 1 amide bonds. The molecule has 23 heavy (non-hydrogen) atoms. The van der Waals surface area contributed by atoms with Crippen LogP contribution in [0.25, 0.3) is 11.3 Å². The molecule has 1 unspecified atom stereocenters. The predicted octanol–water partition coefficient (Wildman–Crippen LogP) is 2.85. The van der Waals surface area contributed by atoms with Gasteiger partial charge in [-0.15, -0.1) is 0 Å². The van der Waals surface area contributed by atoms with E-state index in [4.69, 9.17) is 5.11 Å².